The van der Waals surface area contributed by atoms with Crippen molar-refractivity contribution in [3.05, 3.63) is 11.5 Å². The van der Waals surface area contributed by atoms with Gasteiger partial charge in [0.05, 0.1) is 0 Å². The number of nitrogens with two attached hydrogens (primary N) is 1. The summed E-state index contributed by atoms with van der Waals surface area (Å²) < 4.78 is 5.55. The van der Waals surface area contributed by atoms with Crippen molar-refractivity contribution in [2.24, 2.45) is 17.8 Å². The molecule has 0 saturated heterocycles. The molecule has 4 aliphatic carbocycles. The fourth-order valence-corrected chi connectivity index (χ4v) is 5.23. The molecule has 3 N–H and O–H groups in total. The van der Waals surface area contributed by atoms with Gasteiger partial charge in [-0.3, -0.25) is 0 Å². The van der Waals surface area contributed by atoms with Crippen molar-refractivity contribution in [2.45, 2.75) is 43.9 Å². The molecule has 4 bridgehead atoms. The lowest BCUT2D eigenvalue weighted by atomic mass is 9.49. The van der Waals surface area contributed by atoms with Gasteiger partial charge in [0.1, 0.15) is 5.76 Å². The van der Waals surface area contributed by atoms with Crippen molar-refractivity contribution in [2.75, 3.05) is 5.73 Å². The number of nitrogens with zero attached hydrogens (tertiary/aromatic N) is 1. The van der Waals surface area contributed by atoms with Crippen LogP contribution in [-0.2, 0) is 5.41 Å². The summed E-state index contributed by atoms with van der Waals surface area (Å²) in [6.07, 6.45) is 7.08. The number of hydrogen-bond acceptors (Lipinski definition) is 4. The first kappa shape index (κ1) is 11.3. The van der Waals surface area contributed by atoms with Crippen molar-refractivity contribution in [1.82, 2.24) is 4.98 Å². The van der Waals surface area contributed by atoms with Gasteiger partial charge in [0.25, 0.3) is 6.01 Å². The number of carboxylic acids is 1. The Hall–Kier alpha value is -1.52. The van der Waals surface area contributed by atoms with E-state index in [0.717, 1.165) is 37.0 Å². The number of nitrogen functional groups attached to an aromatic ring is 1. The smallest absolute Gasteiger partial charge is 0.358 e. The molecule has 19 heavy (non-hydrogen) atoms. The normalized spacial score (nSPS) is 39.7. The summed E-state index contributed by atoms with van der Waals surface area (Å²) in [5.74, 6) is 1.74. The Labute approximate surface area is 111 Å². The SMILES string of the molecule is Nc1nc(C(=O)O)c(C23CC4CC(CC(C4)C2)C3)o1. The zero-order chi connectivity index (χ0) is 13.2. The van der Waals surface area contributed by atoms with Gasteiger partial charge in [0.15, 0.2) is 5.69 Å². The fraction of sp³-hybridized carbons (Fsp3) is 0.714. The summed E-state index contributed by atoms with van der Waals surface area (Å²) in [7, 11) is 0. The van der Waals surface area contributed by atoms with E-state index in [-0.39, 0.29) is 17.1 Å². The minimum absolute atomic E-state index is 0.0110. The first-order chi connectivity index (χ1) is 9.06. The summed E-state index contributed by atoms with van der Waals surface area (Å²) >= 11 is 0. The number of carbonyl (C=O) groups is 1. The zero-order valence-corrected chi connectivity index (χ0v) is 10.8. The van der Waals surface area contributed by atoms with Crippen LogP contribution >= 0.6 is 0 Å². The molecule has 1 aromatic rings. The van der Waals surface area contributed by atoms with E-state index in [0.29, 0.717) is 5.76 Å². The Bertz CT molecular complexity index is 514. The van der Waals surface area contributed by atoms with E-state index in [1.165, 1.54) is 19.3 Å². The monoisotopic (exact) mass is 262 g/mol. The number of oxazole rings is 1. The molecule has 102 valence electrons. The molecule has 1 aromatic heterocycles. The van der Waals surface area contributed by atoms with E-state index in [1.54, 1.807) is 0 Å². The number of hydrogen-bond donors (Lipinski definition) is 2. The fourth-order valence-electron chi connectivity index (χ4n) is 5.23. The lowest BCUT2D eigenvalue weighted by Gasteiger charge is -2.55. The van der Waals surface area contributed by atoms with Gasteiger partial charge in [-0.15, -0.1) is 0 Å². The van der Waals surface area contributed by atoms with Gasteiger partial charge in [-0.2, -0.15) is 4.98 Å². The minimum Gasteiger partial charge on any atom is -0.476 e. The first-order valence-electron chi connectivity index (χ1n) is 7.06. The van der Waals surface area contributed by atoms with E-state index in [4.69, 9.17) is 10.2 Å². The van der Waals surface area contributed by atoms with Crippen molar-refractivity contribution in [3.63, 3.8) is 0 Å². The maximum absolute atomic E-state index is 11.4. The van der Waals surface area contributed by atoms with Gasteiger partial charge >= 0.3 is 5.97 Å². The molecule has 0 atom stereocenters. The third-order valence-electron chi connectivity index (χ3n) is 5.37. The van der Waals surface area contributed by atoms with Crippen LogP contribution in [0.15, 0.2) is 4.42 Å². The Morgan fingerprint density at radius 1 is 1.21 bits per heavy atom. The van der Waals surface area contributed by atoms with Crippen LogP contribution in [0.3, 0.4) is 0 Å². The van der Waals surface area contributed by atoms with Gasteiger partial charge in [-0.05, 0) is 56.3 Å². The molecule has 0 amide bonds. The Morgan fingerprint density at radius 3 is 2.21 bits per heavy atom. The van der Waals surface area contributed by atoms with Crippen molar-refractivity contribution in [1.29, 1.82) is 0 Å². The quantitative estimate of drug-likeness (QED) is 0.854. The first-order valence-corrected chi connectivity index (χ1v) is 7.06. The molecular formula is C14H18N2O3. The standard InChI is InChI=1S/C14H18N2O3/c15-13-16-10(12(17)18)11(19-13)14-4-7-1-8(5-14)3-9(2-7)6-14/h7-9H,1-6H2,(H2,15,16)(H,17,18). The Kier molecular flexibility index (Phi) is 2.10. The largest absolute Gasteiger partial charge is 0.476 e. The zero-order valence-electron chi connectivity index (χ0n) is 10.8. The molecule has 0 radical (unpaired) electrons. The predicted octanol–water partition coefficient (Wildman–Crippen LogP) is 2.42. The molecule has 5 nitrogen and oxygen atoms in total. The summed E-state index contributed by atoms with van der Waals surface area (Å²) in [5, 5.41) is 9.30. The topological polar surface area (TPSA) is 89.3 Å². The second-order valence-electron chi connectivity index (χ2n) is 6.73. The molecule has 4 fully saturated rings. The Morgan fingerprint density at radius 2 is 1.74 bits per heavy atom. The number of aromatic nitrogens is 1. The molecule has 0 spiro atoms. The maximum Gasteiger partial charge on any atom is 0.358 e. The molecule has 5 heteroatoms. The number of anilines is 1. The summed E-state index contributed by atoms with van der Waals surface area (Å²) in [5.41, 5.74) is 5.53. The van der Waals surface area contributed by atoms with E-state index in [9.17, 15) is 9.90 Å². The maximum atomic E-state index is 11.4. The van der Waals surface area contributed by atoms with Gasteiger partial charge in [0.2, 0.25) is 0 Å². The van der Waals surface area contributed by atoms with E-state index >= 15 is 0 Å². The highest BCUT2D eigenvalue weighted by Crippen LogP contribution is 2.61. The third-order valence-corrected chi connectivity index (χ3v) is 5.37. The second kappa shape index (κ2) is 3.52. The number of carboxylic acid groups (broad SMARTS) is 1. The average Bonchev–Trinajstić information content (AvgIpc) is 2.70. The highest BCUT2D eigenvalue weighted by Gasteiger charge is 2.54. The van der Waals surface area contributed by atoms with Crippen LogP contribution in [0.1, 0.15) is 54.8 Å². The molecule has 5 rings (SSSR count). The lowest BCUT2D eigenvalue weighted by Crippen LogP contribution is -2.48. The number of aromatic carboxylic acids is 1. The van der Waals surface area contributed by atoms with Gasteiger partial charge in [-0.1, -0.05) is 0 Å². The van der Waals surface area contributed by atoms with E-state index in [1.807, 2.05) is 0 Å². The van der Waals surface area contributed by atoms with Crippen LogP contribution < -0.4 is 5.73 Å². The van der Waals surface area contributed by atoms with Crippen LogP contribution in [-0.4, -0.2) is 16.1 Å². The van der Waals surface area contributed by atoms with Gasteiger partial charge < -0.3 is 15.3 Å². The van der Waals surface area contributed by atoms with Gasteiger partial charge in [0, 0.05) is 5.41 Å². The molecule has 0 unspecified atom stereocenters. The molecular weight excluding hydrogens is 244 g/mol. The molecule has 0 aliphatic heterocycles. The highest BCUT2D eigenvalue weighted by atomic mass is 16.4. The summed E-state index contributed by atoms with van der Waals surface area (Å²) in [4.78, 5) is 15.2. The lowest BCUT2D eigenvalue weighted by molar-refractivity contribution is -0.0155. The highest BCUT2D eigenvalue weighted by molar-refractivity contribution is 5.87. The van der Waals surface area contributed by atoms with Crippen LogP contribution in [0.5, 0.6) is 0 Å². The second-order valence-corrected chi connectivity index (χ2v) is 6.73. The van der Waals surface area contributed by atoms with E-state index in [2.05, 4.69) is 4.98 Å². The molecule has 0 aromatic carbocycles. The molecule has 1 heterocycles. The van der Waals surface area contributed by atoms with Gasteiger partial charge in [-0.25, -0.2) is 4.79 Å². The van der Waals surface area contributed by atoms with Crippen LogP contribution in [0.4, 0.5) is 6.01 Å². The minimum atomic E-state index is -1.02. The summed E-state index contributed by atoms with van der Waals surface area (Å²) in [6.45, 7) is 0. The summed E-state index contributed by atoms with van der Waals surface area (Å²) in [6, 6.07) is -0.0110. The van der Waals surface area contributed by atoms with Crippen molar-refractivity contribution >= 4 is 12.0 Å². The van der Waals surface area contributed by atoms with E-state index < -0.39 is 5.97 Å². The average molecular weight is 262 g/mol. The van der Waals surface area contributed by atoms with Crippen LogP contribution in [0.2, 0.25) is 0 Å². The molecule has 4 saturated carbocycles. The molecule has 4 aliphatic rings. The predicted molar refractivity (Wildman–Crippen MR) is 67.7 cm³/mol. The van der Waals surface area contributed by atoms with Crippen molar-refractivity contribution < 1.29 is 14.3 Å². The van der Waals surface area contributed by atoms with Crippen molar-refractivity contribution in [3.8, 4) is 0 Å². The van der Waals surface area contributed by atoms with Crippen LogP contribution in [0.25, 0.3) is 0 Å². The number of rotatable bonds is 2. The van der Waals surface area contributed by atoms with Crippen LogP contribution in [0, 0.1) is 17.8 Å². The third kappa shape index (κ3) is 1.53. The Balaban J connectivity index is 1.81.